The first kappa shape index (κ1) is 20.6. The van der Waals surface area contributed by atoms with E-state index in [1.54, 1.807) is 18.5 Å². The molecule has 0 spiro atoms. The van der Waals surface area contributed by atoms with Crippen molar-refractivity contribution in [2.24, 2.45) is 0 Å². The van der Waals surface area contributed by atoms with E-state index in [0.717, 1.165) is 11.8 Å². The maximum atomic E-state index is 12.9. The molecule has 3 heterocycles. The van der Waals surface area contributed by atoms with Crippen LogP contribution in [0, 0.1) is 10.1 Å². The number of sulfonamides is 1. The molecule has 4 rings (SSSR count). The Hall–Kier alpha value is -3.64. The van der Waals surface area contributed by atoms with Crippen molar-refractivity contribution in [1.82, 2.24) is 19.5 Å². The number of rotatable bonds is 6. The zero-order chi connectivity index (χ0) is 21.8. The molecule has 0 radical (unpaired) electrons. The number of aromatic nitrogens is 3. The van der Waals surface area contributed by atoms with E-state index in [1.165, 1.54) is 22.5 Å². The summed E-state index contributed by atoms with van der Waals surface area (Å²) in [7, 11) is -3.81. The lowest BCUT2D eigenvalue weighted by Gasteiger charge is -2.34. The van der Waals surface area contributed by atoms with Crippen LogP contribution in [0.3, 0.4) is 0 Å². The first-order valence-corrected chi connectivity index (χ1v) is 10.9. The molecule has 31 heavy (non-hydrogen) atoms. The van der Waals surface area contributed by atoms with Gasteiger partial charge in [0.25, 0.3) is 5.69 Å². The van der Waals surface area contributed by atoms with E-state index in [0.29, 0.717) is 24.7 Å². The molecule has 1 aliphatic rings. The summed E-state index contributed by atoms with van der Waals surface area (Å²) < 4.78 is 27.1. The minimum absolute atomic E-state index is 0.0820. The molecule has 1 aliphatic heterocycles. The van der Waals surface area contributed by atoms with Crippen LogP contribution in [0.2, 0.25) is 0 Å². The van der Waals surface area contributed by atoms with Crippen LogP contribution in [0.4, 0.5) is 23.0 Å². The number of hydrogen-bond donors (Lipinski definition) is 1. The highest BCUT2D eigenvalue weighted by molar-refractivity contribution is 7.89. The molecule has 2 aromatic heterocycles. The molecule has 11 nitrogen and oxygen atoms in total. The molecule has 1 fully saturated rings. The van der Waals surface area contributed by atoms with E-state index in [2.05, 4.69) is 20.5 Å². The highest BCUT2D eigenvalue weighted by Gasteiger charge is 2.30. The van der Waals surface area contributed by atoms with Crippen LogP contribution in [0.1, 0.15) is 0 Å². The van der Waals surface area contributed by atoms with E-state index in [-0.39, 0.29) is 23.7 Å². The smallest absolute Gasteiger partial charge is 0.270 e. The van der Waals surface area contributed by atoms with Gasteiger partial charge < -0.3 is 10.2 Å². The van der Waals surface area contributed by atoms with E-state index in [4.69, 9.17) is 0 Å². The summed E-state index contributed by atoms with van der Waals surface area (Å²) in [6, 6.07) is 12.3. The molecular formula is C19H19N7O4S. The predicted octanol–water partition coefficient (Wildman–Crippen LogP) is 2.03. The SMILES string of the molecule is O=[N+]([O-])c1cccc(S(=O)(=O)N2CCN(c3ccc(Nc4ccncc4)nn3)CC2)c1. The van der Waals surface area contributed by atoms with Crippen molar-refractivity contribution in [3.63, 3.8) is 0 Å². The van der Waals surface area contributed by atoms with Crippen molar-refractivity contribution >= 4 is 33.0 Å². The summed E-state index contributed by atoms with van der Waals surface area (Å²) >= 11 is 0. The highest BCUT2D eigenvalue weighted by Crippen LogP contribution is 2.23. The first-order chi connectivity index (χ1) is 14.9. The van der Waals surface area contributed by atoms with Crippen LogP contribution in [0.15, 0.2) is 65.8 Å². The number of non-ortho nitro benzene ring substituents is 1. The highest BCUT2D eigenvalue weighted by atomic mass is 32.2. The van der Waals surface area contributed by atoms with Gasteiger partial charge in [-0.15, -0.1) is 10.2 Å². The van der Waals surface area contributed by atoms with Gasteiger partial charge in [0.2, 0.25) is 10.0 Å². The fourth-order valence-electron chi connectivity index (χ4n) is 3.21. The molecule has 1 aromatic carbocycles. The van der Waals surface area contributed by atoms with E-state index in [1.807, 2.05) is 23.1 Å². The summed E-state index contributed by atoms with van der Waals surface area (Å²) in [5, 5.41) is 22.5. The third-order valence-electron chi connectivity index (χ3n) is 4.83. The third-order valence-corrected chi connectivity index (χ3v) is 6.73. The third kappa shape index (κ3) is 4.59. The molecular weight excluding hydrogens is 422 g/mol. The summed E-state index contributed by atoms with van der Waals surface area (Å²) in [6.07, 6.45) is 3.34. The number of hydrogen-bond acceptors (Lipinski definition) is 9. The Bertz CT molecular complexity index is 1170. The molecule has 0 unspecified atom stereocenters. The van der Waals surface area contributed by atoms with Gasteiger partial charge in [-0.05, 0) is 30.3 Å². The Balaban J connectivity index is 1.40. The van der Waals surface area contributed by atoms with Crippen LogP contribution >= 0.6 is 0 Å². The quantitative estimate of drug-likeness (QED) is 0.450. The zero-order valence-electron chi connectivity index (χ0n) is 16.3. The van der Waals surface area contributed by atoms with Crippen molar-refractivity contribution < 1.29 is 13.3 Å². The Morgan fingerprint density at radius 1 is 0.968 bits per heavy atom. The predicted molar refractivity (Wildman–Crippen MR) is 114 cm³/mol. The van der Waals surface area contributed by atoms with E-state index < -0.39 is 14.9 Å². The van der Waals surface area contributed by atoms with Crippen LogP contribution in [0.25, 0.3) is 0 Å². The molecule has 0 saturated carbocycles. The summed E-state index contributed by atoms with van der Waals surface area (Å²) in [6.45, 7) is 1.34. The number of nitro benzene ring substituents is 1. The summed E-state index contributed by atoms with van der Waals surface area (Å²) in [4.78, 5) is 16.2. The number of nitrogens with one attached hydrogen (secondary N) is 1. The molecule has 3 aromatic rings. The second-order valence-corrected chi connectivity index (χ2v) is 8.72. The minimum atomic E-state index is -3.81. The standard InChI is InChI=1S/C19H19N7O4S/c27-26(28)16-2-1-3-17(14-16)31(29,30)25-12-10-24(11-13-25)19-5-4-18(22-23-19)21-15-6-8-20-9-7-15/h1-9,14H,10-13H2,(H,20,21,22). The number of pyridine rings is 1. The van der Waals surface area contributed by atoms with Gasteiger partial charge in [-0.2, -0.15) is 4.31 Å². The number of nitrogens with zero attached hydrogens (tertiary/aromatic N) is 6. The lowest BCUT2D eigenvalue weighted by atomic mass is 10.3. The normalized spacial score (nSPS) is 14.9. The van der Waals surface area contributed by atoms with Crippen molar-refractivity contribution in [3.8, 4) is 0 Å². The van der Waals surface area contributed by atoms with Crippen molar-refractivity contribution in [3.05, 3.63) is 71.0 Å². The average molecular weight is 441 g/mol. The van der Waals surface area contributed by atoms with E-state index in [9.17, 15) is 18.5 Å². The van der Waals surface area contributed by atoms with Crippen LogP contribution in [-0.2, 0) is 10.0 Å². The lowest BCUT2D eigenvalue weighted by molar-refractivity contribution is -0.385. The number of anilines is 3. The molecule has 1 N–H and O–H groups in total. The van der Waals surface area contributed by atoms with Gasteiger partial charge in [0, 0.05) is 56.4 Å². The van der Waals surface area contributed by atoms with Gasteiger partial charge in [-0.1, -0.05) is 6.07 Å². The average Bonchev–Trinajstić information content (AvgIpc) is 2.80. The minimum Gasteiger partial charge on any atom is -0.352 e. The van der Waals surface area contributed by atoms with E-state index >= 15 is 0 Å². The van der Waals surface area contributed by atoms with Crippen molar-refractivity contribution in [1.29, 1.82) is 0 Å². The van der Waals surface area contributed by atoms with Crippen LogP contribution < -0.4 is 10.2 Å². The molecule has 160 valence electrons. The fraction of sp³-hybridized carbons (Fsp3) is 0.211. The second kappa shape index (κ2) is 8.62. The number of piperazine rings is 1. The maximum absolute atomic E-state index is 12.9. The van der Waals surface area contributed by atoms with Gasteiger partial charge in [0.1, 0.15) is 0 Å². The topological polar surface area (TPSA) is 134 Å². The molecule has 0 atom stereocenters. The first-order valence-electron chi connectivity index (χ1n) is 9.44. The summed E-state index contributed by atoms with van der Waals surface area (Å²) in [5.41, 5.74) is 0.590. The molecule has 12 heteroatoms. The lowest BCUT2D eigenvalue weighted by Crippen LogP contribution is -2.49. The van der Waals surface area contributed by atoms with Crippen LogP contribution in [0.5, 0.6) is 0 Å². The van der Waals surface area contributed by atoms with Crippen molar-refractivity contribution in [2.75, 3.05) is 36.4 Å². The maximum Gasteiger partial charge on any atom is 0.270 e. The number of benzene rings is 1. The summed E-state index contributed by atoms with van der Waals surface area (Å²) in [5.74, 6) is 1.23. The Labute approximate surface area is 178 Å². The fourth-order valence-corrected chi connectivity index (χ4v) is 4.67. The number of nitro groups is 1. The molecule has 1 saturated heterocycles. The van der Waals surface area contributed by atoms with Gasteiger partial charge in [0.15, 0.2) is 11.6 Å². The van der Waals surface area contributed by atoms with Gasteiger partial charge >= 0.3 is 0 Å². The van der Waals surface area contributed by atoms with Gasteiger partial charge in [0.05, 0.1) is 9.82 Å². The molecule has 0 aliphatic carbocycles. The monoisotopic (exact) mass is 441 g/mol. The Morgan fingerprint density at radius 3 is 2.35 bits per heavy atom. The Kier molecular flexibility index (Phi) is 5.73. The van der Waals surface area contributed by atoms with Crippen LogP contribution in [-0.4, -0.2) is 59.0 Å². The second-order valence-electron chi connectivity index (χ2n) is 6.78. The molecule has 0 bridgehead atoms. The molecule has 0 amide bonds. The zero-order valence-corrected chi connectivity index (χ0v) is 17.1. The van der Waals surface area contributed by atoms with Gasteiger partial charge in [-0.25, -0.2) is 8.42 Å². The largest absolute Gasteiger partial charge is 0.352 e. The van der Waals surface area contributed by atoms with Crippen molar-refractivity contribution in [2.45, 2.75) is 4.90 Å². The van der Waals surface area contributed by atoms with Gasteiger partial charge in [-0.3, -0.25) is 15.1 Å². The Morgan fingerprint density at radius 2 is 1.71 bits per heavy atom.